The Morgan fingerprint density at radius 2 is 0.651 bits per heavy atom. The standard InChI is InChI=1S/C61H42N2/c1-5-19-43(20-6-1)45-23-17-27-48(39-45)61(47-25-9-3-10-26-47,49-28-18-24-46(40-49)44-21-7-2-8-22-44)50-35-37-55-56-42-52(36-38-59(56)62(60(55)41-50)51-29-11-4-12-30-51)63-57-33-15-13-31-53(57)54-32-14-16-34-58(54)63/h1-42H. The van der Waals surface area contributed by atoms with E-state index in [1.165, 1.54) is 82.6 Å². The molecular weight excluding hydrogens is 761 g/mol. The minimum absolute atomic E-state index is 0.697. The molecule has 12 aromatic rings. The number of para-hydroxylation sites is 3. The third-order valence-electron chi connectivity index (χ3n) is 13.0. The normalized spacial score (nSPS) is 11.8. The zero-order chi connectivity index (χ0) is 41.7. The molecule has 0 atom stereocenters. The van der Waals surface area contributed by atoms with Crippen molar-refractivity contribution >= 4 is 43.6 Å². The van der Waals surface area contributed by atoms with Gasteiger partial charge >= 0.3 is 0 Å². The molecular formula is C61H42N2. The summed E-state index contributed by atoms with van der Waals surface area (Å²) in [5.41, 5.74) is 15.9. The Kier molecular flexibility index (Phi) is 8.76. The summed E-state index contributed by atoms with van der Waals surface area (Å²) in [4.78, 5) is 0. The lowest BCUT2D eigenvalue weighted by molar-refractivity contribution is 0.746. The van der Waals surface area contributed by atoms with Crippen LogP contribution in [0.2, 0.25) is 0 Å². The molecule has 2 heterocycles. The Bertz CT molecular complexity index is 3460. The van der Waals surface area contributed by atoms with Crippen LogP contribution in [0.4, 0.5) is 0 Å². The molecule has 0 saturated carbocycles. The van der Waals surface area contributed by atoms with Gasteiger partial charge in [-0.25, -0.2) is 0 Å². The van der Waals surface area contributed by atoms with E-state index in [4.69, 9.17) is 0 Å². The van der Waals surface area contributed by atoms with Gasteiger partial charge in [0.15, 0.2) is 0 Å². The molecule has 0 aliphatic rings. The predicted octanol–water partition coefficient (Wildman–Crippen LogP) is 15.6. The van der Waals surface area contributed by atoms with E-state index in [-0.39, 0.29) is 0 Å². The first-order valence-electron chi connectivity index (χ1n) is 21.8. The summed E-state index contributed by atoms with van der Waals surface area (Å²) in [5, 5.41) is 4.93. The van der Waals surface area contributed by atoms with Gasteiger partial charge in [-0.05, 0) is 105 Å². The molecule has 0 bridgehead atoms. The maximum absolute atomic E-state index is 2.47. The van der Waals surface area contributed by atoms with Crippen LogP contribution in [0.5, 0.6) is 0 Å². The lowest BCUT2D eigenvalue weighted by Crippen LogP contribution is -2.31. The van der Waals surface area contributed by atoms with Crippen molar-refractivity contribution in [1.82, 2.24) is 9.13 Å². The van der Waals surface area contributed by atoms with Crippen molar-refractivity contribution in [3.8, 4) is 33.6 Å². The first-order chi connectivity index (χ1) is 31.3. The zero-order valence-electron chi connectivity index (χ0n) is 34.6. The summed E-state index contributed by atoms with van der Waals surface area (Å²) in [6, 6.07) is 93.6. The van der Waals surface area contributed by atoms with Gasteiger partial charge < -0.3 is 9.13 Å². The summed E-state index contributed by atoms with van der Waals surface area (Å²) >= 11 is 0. The van der Waals surface area contributed by atoms with Gasteiger partial charge in [0.05, 0.1) is 27.5 Å². The lowest BCUT2D eigenvalue weighted by Gasteiger charge is -2.37. The summed E-state index contributed by atoms with van der Waals surface area (Å²) in [7, 11) is 0. The molecule has 63 heavy (non-hydrogen) atoms. The van der Waals surface area contributed by atoms with Crippen LogP contribution in [0.1, 0.15) is 22.3 Å². The van der Waals surface area contributed by atoms with Gasteiger partial charge in [-0.15, -0.1) is 0 Å². The van der Waals surface area contributed by atoms with E-state index in [1.807, 2.05) is 0 Å². The monoisotopic (exact) mass is 802 g/mol. The van der Waals surface area contributed by atoms with Crippen molar-refractivity contribution < 1.29 is 0 Å². The highest BCUT2D eigenvalue weighted by molar-refractivity contribution is 6.12. The second-order valence-corrected chi connectivity index (χ2v) is 16.5. The number of rotatable bonds is 8. The SMILES string of the molecule is c1ccc(-c2cccc(C(c3ccccc3)(c3cccc(-c4ccccc4)c3)c3ccc4c5cc(-n6c7ccccc7c7ccccc76)ccc5n(-c5ccccc5)c4c3)c2)cc1. The second kappa shape index (κ2) is 15.1. The van der Waals surface area contributed by atoms with Crippen LogP contribution in [0.15, 0.2) is 255 Å². The maximum atomic E-state index is 2.47. The van der Waals surface area contributed by atoms with Crippen LogP contribution < -0.4 is 0 Å². The van der Waals surface area contributed by atoms with Crippen molar-refractivity contribution in [2.75, 3.05) is 0 Å². The topological polar surface area (TPSA) is 9.86 Å². The van der Waals surface area contributed by atoms with Gasteiger partial charge in [0.1, 0.15) is 0 Å². The number of hydrogen-bond donors (Lipinski definition) is 0. The summed E-state index contributed by atoms with van der Waals surface area (Å²) in [6.45, 7) is 0. The summed E-state index contributed by atoms with van der Waals surface area (Å²) in [5.74, 6) is 0. The highest BCUT2D eigenvalue weighted by atomic mass is 15.0. The third kappa shape index (κ3) is 5.95. The zero-order valence-corrected chi connectivity index (χ0v) is 34.6. The first-order valence-corrected chi connectivity index (χ1v) is 21.8. The molecule has 0 radical (unpaired) electrons. The molecule has 0 N–H and O–H groups in total. The van der Waals surface area contributed by atoms with E-state index in [1.54, 1.807) is 0 Å². The average Bonchev–Trinajstić information content (AvgIpc) is 3.88. The molecule has 2 aromatic heterocycles. The first kappa shape index (κ1) is 36.6. The number of fused-ring (bicyclic) bond motifs is 6. The molecule has 0 aliphatic carbocycles. The minimum atomic E-state index is -0.697. The molecule has 0 amide bonds. The molecule has 296 valence electrons. The van der Waals surface area contributed by atoms with Gasteiger partial charge in [-0.3, -0.25) is 0 Å². The van der Waals surface area contributed by atoms with Crippen LogP contribution in [0.25, 0.3) is 77.2 Å². The van der Waals surface area contributed by atoms with Crippen molar-refractivity contribution in [1.29, 1.82) is 0 Å². The van der Waals surface area contributed by atoms with Gasteiger partial charge in [-0.1, -0.05) is 194 Å². The molecule has 0 spiro atoms. The third-order valence-corrected chi connectivity index (χ3v) is 13.0. The number of nitrogens with zero attached hydrogens (tertiary/aromatic N) is 2. The van der Waals surface area contributed by atoms with E-state index >= 15 is 0 Å². The number of aromatic nitrogens is 2. The summed E-state index contributed by atoms with van der Waals surface area (Å²) in [6.07, 6.45) is 0. The fourth-order valence-electron chi connectivity index (χ4n) is 10.3. The van der Waals surface area contributed by atoms with Crippen LogP contribution >= 0.6 is 0 Å². The van der Waals surface area contributed by atoms with Gasteiger partial charge in [0, 0.05) is 32.9 Å². The molecule has 0 saturated heterocycles. The predicted molar refractivity (Wildman–Crippen MR) is 264 cm³/mol. The molecule has 2 heteroatoms. The number of hydrogen-bond acceptors (Lipinski definition) is 0. The highest BCUT2D eigenvalue weighted by Gasteiger charge is 2.39. The number of benzene rings is 10. The van der Waals surface area contributed by atoms with Crippen molar-refractivity contribution in [3.05, 3.63) is 277 Å². The smallest absolute Gasteiger partial charge is 0.0702 e. The van der Waals surface area contributed by atoms with Gasteiger partial charge in [-0.2, -0.15) is 0 Å². The lowest BCUT2D eigenvalue weighted by atomic mass is 9.64. The fraction of sp³-hybridized carbons (Fsp3) is 0.0164. The van der Waals surface area contributed by atoms with Crippen molar-refractivity contribution in [2.24, 2.45) is 0 Å². The molecule has 0 fully saturated rings. The Hall–Kier alpha value is -8.20. The van der Waals surface area contributed by atoms with Crippen LogP contribution in [-0.2, 0) is 5.41 Å². The summed E-state index contributed by atoms with van der Waals surface area (Å²) < 4.78 is 4.88. The van der Waals surface area contributed by atoms with Gasteiger partial charge in [0.2, 0.25) is 0 Å². The van der Waals surface area contributed by atoms with Gasteiger partial charge in [0.25, 0.3) is 0 Å². The quantitative estimate of drug-likeness (QED) is 0.135. The van der Waals surface area contributed by atoms with E-state index in [0.717, 1.165) is 16.9 Å². The molecule has 0 aliphatic heterocycles. The van der Waals surface area contributed by atoms with E-state index < -0.39 is 5.41 Å². The van der Waals surface area contributed by atoms with E-state index in [9.17, 15) is 0 Å². The van der Waals surface area contributed by atoms with Crippen LogP contribution in [-0.4, -0.2) is 9.13 Å². The average molecular weight is 803 g/mol. The maximum Gasteiger partial charge on any atom is 0.0702 e. The molecule has 10 aromatic carbocycles. The largest absolute Gasteiger partial charge is 0.309 e. The van der Waals surface area contributed by atoms with E-state index in [0.29, 0.717) is 0 Å². The van der Waals surface area contributed by atoms with Crippen molar-refractivity contribution in [2.45, 2.75) is 5.41 Å². The highest BCUT2D eigenvalue weighted by Crippen LogP contribution is 2.48. The van der Waals surface area contributed by atoms with E-state index in [2.05, 4.69) is 264 Å². The molecule has 2 nitrogen and oxygen atoms in total. The minimum Gasteiger partial charge on any atom is -0.309 e. The fourth-order valence-corrected chi connectivity index (χ4v) is 10.3. The second-order valence-electron chi connectivity index (χ2n) is 16.5. The Morgan fingerprint density at radius 1 is 0.222 bits per heavy atom. The Labute approximate surface area is 367 Å². The Morgan fingerprint density at radius 3 is 1.24 bits per heavy atom. The Balaban J connectivity index is 1.17. The molecule has 0 unspecified atom stereocenters. The van der Waals surface area contributed by atoms with Crippen molar-refractivity contribution in [3.63, 3.8) is 0 Å². The molecule has 12 rings (SSSR count). The van der Waals surface area contributed by atoms with Crippen LogP contribution in [0.3, 0.4) is 0 Å². The van der Waals surface area contributed by atoms with Crippen LogP contribution in [0, 0.1) is 0 Å².